The Labute approximate surface area is 186 Å². The lowest BCUT2D eigenvalue weighted by molar-refractivity contribution is 0.102. The maximum absolute atomic E-state index is 12.5. The first kappa shape index (κ1) is 21.3. The van der Waals surface area contributed by atoms with Gasteiger partial charge in [0.15, 0.2) is 0 Å². The summed E-state index contributed by atoms with van der Waals surface area (Å²) in [7, 11) is -3.61. The van der Waals surface area contributed by atoms with Crippen LogP contribution in [-0.4, -0.2) is 27.4 Å². The molecule has 2 aromatic carbocycles. The predicted octanol–water partition coefficient (Wildman–Crippen LogP) is 4.03. The van der Waals surface area contributed by atoms with Gasteiger partial charge in [0, 0.05) is 41.4 Å². The number of sulfonamides is 1. The van der Waals surface area contributed by atoms with Crippen LogP contribution in [0.4, 0.5) is 11.4 Å². The van der Waals surface area contributed by atoms with Crippen LogP contribution in [-0.2, 0) is 23.0 Å². The minimum absolute atomic E-state index is 0.102. The van der Waals surface area contributed by atoms with Gasteiger partial charge in [-0.3, -0.25) is 4.79 Å². The van der Waals surface area contributed by atoms with Crippen LogP contribution in [0.2, 0.25) is 0 Å². The van der Waals surface area contributed by atoms with Crippen LogP contribution in [0.1, 0.15) is 20.8 Å². The van der Waals surface area contributed by atoms with Crippen molar-refractivity contribution in [1.29, 1.82) is 0 Å². The highest BCUT2D eigenvalue weighted by atomic mass is 32.2. The van der Waals surface area contributed by atoms with Gasteiger partial charge in [-0.2, -0.15) is 0 Å². The van der Waals surface area contributed by atoms with Crippen LogP contribution in [0.5, 0.6) is 0 Å². The Hall–Kier alpha value is -2.94. The first-order valence-corrected chi connectivity index (χ1v) is 12.2. The largest absolute Gasteiger partial charge is 0.367 e. The zero-order chi connectivity index (χ0) is 21.8. The van der Waals surface area contributed by atoms with Crippen molar-refractivity contribution in [2.24, 2.45) is 0 Å². The van der Waals surface area contributed by atoms with E-state index in [0.29, 0.717) is 11.3 Å². The third-order valence-electron chi connectivity index (χ3n) is 5.14. The Balaban J connectivity index is 1.39. The zero-order valence-corrected chi connectivity index (χ0v) is 18.5. The number of thiophene rings is 1. The molecule has 0 saturated heterocycles. The number of carbonyl (C=O) groups excluding carboxylic acids is 1. The molecule has 0 atom stereocenters. The van der Waals surface area contributed by atoms with E-state index in [4.69, 9.17) is 0 Å². The molecule has 0 spiro atoms. The molecule has 6 nitrogen and oxygen atoms in total. The van der Waals surface area contributed by atoms with Crippen molar-refractivity contribution in [3.05, 3.63) is 88.6 Å². The third-order valence-corrected chi connectivity index (χ3v) is 7.60. The van der Waals surface area contributed by atoms with Crippen molar-refractivity contribution in [2.45, 2.75) is 17.9 Å². The molecule has 8 heteroatoms. The SMILES string of the molecule is C=CCNS(=O)(=O)c1ccc(C(=O)Nc2ccc(N3CCc4sccc4C3)cc2)cc1. The summed E-state index contributed by atoms with van der Waals surface area (Å²) in [4.78, 5) is 16.4. The zero-order valence-electron chi connectivity index (χ0n) is 16.9. The number of anilines is 2. The summed E-state index contributed by atoms with van der Waals surface area (Å²) in [6, 6.07) is 15.8. The molecule has 0 unspecified atom stereocenters. The summed E-state index contributed by atoms with van der Waals surface area (Å²) in [6.45, 7) is 5.52. The van der Waals surface area contributed by atoms with Crippen LogP contribution < -0.4 is 14.9 Å². The highest BCUT2D eigenvalue weighted by Crippen LogP contribution is 2.28. The highest BCUT2D eigenvalue weighted by Gasteiger charge is 2.18. The number of benzene rings is 2. The Bertz CT molecular complexity index is 1180. The molecule has 0 aliphatic carbocycles. The minimum Gasteiger partial charge on any atom is -0.367 e. The first-order valence-electron chi connectivity index (χ1n) is 9.88. The second-order valence-electron chi connectivity index (χ2n) is 7.21. The molecule has 2 heterocycles. The molecule has 160 valence electrons. The topological polar surface area (TPSA) is 78.5 Å². The molecular weight excluding hydrogens is 430 g/mol. The van der Waals surface area contributed by atoms with Crippen LogP contribution >= 0.6 is 11.3 Å². The predicted molar refractivity (Wildman–Crippen MR) is 125 cm³/mol. The summed E-state index contributed by atoms with van der Waals surface area (Å²) in [5.74, 6) is -0.295. The van der Waals surface area contributed by atoms with E-state index >= 15 is 0 Å². The van der Waals surface area contributed by atoms with Crippen molar-refractivity contribution in [2.75, 3.05) is 23.3 Å². The second kappa shape index (κ2) is 9.05. The van der Waals surface area contributed by atoms with Crippen molar-refractivity contribution in [3.8, 4) is 0 Å². The van der Waals surface area contributed by atoms with Gasteiger partial charge in [0.1, 0.15) is 0 Å². The van der Waals surface area contributed by atoms with Crippen LogP contribution in [0.25, 0.3) is 0 Å². The average molecular weight is 454 g/mol. The molecule has 31 heavy (non-hydrogen) atoms. The van der Waals surface area contributed by atoms with E-state index in [0.717, 1.165) is 25.2 Å². The van der Waals surface area contributed by atoms with Crippen molar-refractivity contribution >= 4 is 38.6 Å². The van der Waals surface area contributed by atoms with Crippen molar-refractivity contribution in [3.63, 3.8) is 0 Å². The molecule has 2 N–H and O–H groups in total. The van der Waals surface area contributed by atoms with E-state index in [1.807, 2.05) is 35.6 Å². The Morgan fingerprint density at radius 1 is 1.10 bits per heavy atom. The fourth-order valence-corrected chi connectivity index (χ4v) is 5.35. The lowest BCUT2D eigenvalue weighted by atomic mass is 10.1. The van der Waals surface area contributed by atoms with E-state index in [-0.39, 0.29) is 17.3 Å². The van der Waals surface area contributed by atoms with Gasteiger partial charge < -0.3 is 10.2 Å². The number of carbonyl (C=O) groups is 1. The standard InChI is InChI=1S/C23H23N3O3S2/c1-2-13-24-31(28,29)21-9-3-17(4-10-21)23(27)25-19-5-7-20(8-6-19)26-14-11-22-18(16-26)12-15-30-22/h2-10,12,15,24H,1,11,13-14,16H2,(H,25,27). The van der Waals surface area contributed by atoms with Gasteiger partial charge in [-0.1, -0.05) is 6.08 Å². The van der Waals surface area contributed by atoms with E-state index in [2.05, 4.69) is 33.0 Å². The summed E-state index contributed by atoms with van der Waals surface area (Å²) in [5, 5.41) is 5.00. The minimum atomic E-state index is -3.61. The van der Waals surface area contributed by atoms with Gasteiger partial charge in [-0.05, 0) is 72.0 Å². The molecular formula is C23H23N3O3S2. The number of amides is 1. The van der Waals surface area contributed by atoms with Crippen molar-refractivity contribution in [1.82, 2.24) is 4.72 Å². The lowest BCUT2D eigenvalue weighted by Gasteiger charge is -2.29. The molecule has 0 fully saturated rings. The first-order chi connectivity index (χ1) is 15.0. The number of nitrogens with zero attached hydrogens (tertiary/aromatic N) is 1. The van der Waals surface area contributed by atoms with Gasteiger partial charge in [-0.15, -0.1) is 17.9 Å². The average Bonchev–Trinajstić information content (AvgIpc) is 3.26. The molecule has 0 saturated carbocycles. The summed E-state index contributed by atoms with van der Waals surface area (Å²) in [6.07, 6.45) is 2.52. The number of nitrogens with one attached hydrogen (secondary N) is 2. The second-order valence-corrected chi connectivity index (χ2v) is 9.97. The van der Waals surface area contributed by atoms with E-state index in [1.54, 1.807) is 0 Å². The molecule has 1 aliphatic rings. The fraction of sp³-hybridized carbons (Fsp3) is 0.174. The Morgan fingerprint density at radius 3 is 2.55 bits per heavy atom. The van der Waals surface area contributed by atoms with Crippen LogP contribution in [0, 0.1) is 0 Å². The monoisotopic (exact) mass is 453 g/mol. The maximum Gasteiger partial charge on any atom is 0.255 e. The molecule has 1 aliphatic heterocycles. The van der Waals surface area contributed by atoms with Gasteiger partial charge in [-0.25, -0.2) is 13.1 Å². The van der Waals surface area contributed by atoms with E-state index in [1.165, 1.54) is 40.8 Å². The van der Waals surface area contributed by atoms with Gasteiger partial charge in [0.2, 0.25) is 10.0 Å². The van der Waals surface area contributed by atoms with Crippen molar-refractivity contribution < 1.29 is 13.2 Å². The molecule has 3 aromatic rings. The summed E-state index contributed by atoms with van der Waals surface area (Å²) < 4.78 is 26.6. The van der Waals surface area contributed by atoms with Crippen LogP contribution in [0.3, 0.4) is 0 Å². The maximum atomic E-state index is 12.5. The van der Waals surface area contributed by atoms with Crippen LogP contribution in [0.15, 0.2) is 77.5 Å². The van der Waals surface area contributed by atoms with Gasteiger partial charge >= 0.3 is 0 Å². The van der Waals surface area contributed by atoms with E-state index in [9.17, 15) is 13.2 Å². The molecule has 0 radical (unpaired) electrons. The third kappa shape index (κ3) is 4.87. The summed E-state index contributed by atoms with van der Waals surface area (Å²) >= 11 is 1.82. The Kier molecular flexibility index (Phi) is 6.22. The van der Waals surface area contributed by atoms with E-state index < -0.39 is 10.0 Å². The molecule has 0 bridgehead atoms. The molecule has 1 amide bonds. The number of hydrogen-bond donors (Lipinski definition) is 2. The number of rotatable bonds is 7. The smallest absolute Gasteiger partial charge is 0.255 e. The number of fused-ring (bicyclic) bond motifs is 1. The quantitative estimate of drug-likeness (QED) is 0.530. The van der Waals surface area contributed by atoms with Gasteiger partial charge in [0.05, 0.1) is 4.90 Å². The number of hydrogen-bond acceptors (Lipinski definition) is 5. The fourth-order valence-electron chi connectivity index (χ4n) is 3.47. The highest BCUT2D eigenvalue weighted by molar-refractivity contribution is 7.89. The Morgan fingerprint density at radius 2 is 1.84 bits per heavy atom. The molecule has 1 aromatic heterocycles. The normalized spacial score (nSPS) is 13.5. The summed E-state index contributed by atoms with van der Waals surface area (Å²) in [5.41, 5.74) is 3.58. The lowest BCUT2D eigenvalue weighted by Crippen LogP contribution is -2.29. The van der Waals surface area contributed by atoms with Gasteiger partial charge in [0.25, 0.3) is 5.91 Å². The molecule has 4 rings (SSSR count).